The smallest absolute Gasteiger partial charge is 0.264 e. The van der Waals surface area contributed by atoms with Crippen LogP contribution in [0.5, 0.6) is 5.75 Å². The molecule has 0 fully saturated rings. The predicted octanol–water partition coefficient (Wildman–Crippen LogP) is 4.27. The van der Waals surface area contributed by atoms with E-state index in [2.05, 4.69) is 0 Å². The summed E-state index contributed by atoms with van der Waals surface area (Å²) in [6, 6.07) is 17.8. The van der Waals surface area contributed by atoms with Gasteiger partial charge in [-0.15, -0.1) is 0 Å². The second-order valence-electron chi connectivity index (χ2n) is 7.68. The molecule has 0 radical (unpaired) electrons. The van der Waals surface area contributed by atoms with Crippen molar-refractivity contribution in [1.29, 1.82) is 0 Å². The van der Waals surface area contributed by atoms with Gasteiger partial charge < -0.3 is 9.64 Å². The van der Waals surface area contributed by atoms with Crippen LogP contribution in [0.3, 0.4) is 0 Å². The van der Waals surface area contributed by atoms with Gasteiger partial charge in [0.25, 0.3) is 15.9 Å². The molecular formula is C24H22ClFN2O4S. The predicted molar refractivity (Wildman–Crippen MR) is 124 cm³/mol. The van der Waals surface area contributed by atoms with Gasteiger partial charge >= 0.3 is 0 Å². The molecule has 1 aliphatic rings. The van der Waals surface area contributed by atoms with E-state index in [1.165, 1.54) is 33.5 Å². The molecule has 1 amide bonds. The Morgan fingerprint density at radius 3 is 2.61 bits per heavy atom. The fourth-order valence-electron chi connectivity index (χ4n) is 3.66. The summed E-state index contributed by atoms with van der Waals surface area (Å²) in [6.07, 6.45) is 0.646. The molecule has 0 bridgehead atoms. The standard InChI is InChI=1S/C24H22ClFN2O4S/c1-27(15-18-7-2-4-8-21(18)26)24(29)16-32-23-11-10-19(14-20(23)25)33(30,31)28-13-12-17-6-3-5-9-22(17)28/h2-11,14H,12-13,15-16H2,1H3. The molecule has 0 saturated heterocycles. The number of likely N-dealkylation sites (N-methyl/N-ethyl adjacent to an activating group) is 1. The van der Waals surface area contributed by atoms with Gasteiger partial charge in [0.1, 0.15) is 11.6 Å². The Morgan fingerprint density at radius 2 is 1.85 bits per heavy atom. The van der Waals surface area contributed by atoms with Crippen molar-refractivity contribution in [2.24, 2.45) is 0 Å². The monoisotopic (exact) mass is 488 g/mol. The number of ether oxygens (including phenoxy) is 1. The molecule has 1 heterocycles. The highest BCUT2D eigenvalue weighted by atomic mass is 35.5. The quantitative estimate of drug-likeness (QED) is 0.498. The average molecular weight is 489 g/mol. The average Bonchev–Trinajstić information content (AvgIpc) is 3.24. The lowest BCUT2D eigenvalue weighted by molar-refractivity contribution is -0.132. The summed E-state index contributed by atoms with van der Waals surface area (Å²) in [5, 5.41) is 0.0770. The van der Waals surface area contributed by atoms with Gasteiger partial charge in [0.2, 0.25) is 0 Å². The van der Waals surface area contributed by atoms with E-state index in [9.17, 15) is 17.6 Å². The Kier molecular flexibility index (Phi) is 6.58. The lowest BCUT2D eigenvalue weighted by atomic mass is 10.2. The van der Waals surface area contributed by atoms with Crippen LogP contribution in [-0.4, -0.2) is 39.4 Å². The molecule has 0 aliphatic carbocycles. The number of nitrogens with zero attached hydrogens (tertiary/aromatic N) is 2. The minimum Gasteiger partial charge on any atom is -0.482 e. The number of sulfonamides is 1. The molecular weight excluding hydrogens is 467 g/mol. The molecule has 0 N–H and O–H groups in total. The number of para-hydroxylation sites is 1. The molecule has 0 spiro atoms. The van der Waals surface area contributed by atoms with Crippen molar-refractivity contribution in [1.82, 2.24) is 4.90 Å². The van der Waals surface area contributed by atoms with Crippen molar-refractivity contribution < 1.29 is 22.3 Å². The number of benzene rings is 3. The van der Waals surface area contributed by atoms with Gasteiger partial charge in [0.15, 0.2) is 6.61 Å². The third-order valence-electron chi connectivity index (χ3n) is 5.48. The lowest BCUT2D eigenvalue weighted by Gasteiger charge is -2.20. The van der Waals surface area contributed by atoms with Gasteiger partial charge in [-0.3, -0.25) is 9.10 Å². The summed E-state index contributed by atoms with van der Waals surface area (Å²) < 4.78 is 47.0. The second-order valence-corrected chi connectivity index (χ2v) is 9.95. The van der Waals surface area contributed by atoms with Crippen LogP contribution in [0.1, 0.15) is 11.1 Å². The molecule has 6 nitrogen and oxygen atoms in total. The molecule has 0 aromatic heterocycles. The zero-order valence-electron chi connectivity index (χ0n) is 17.9. The van der Waals surface area contributed by atoms with E-state index < -0.39 is 15.8 Å². The number of hydrogen-bond acceptors (Lipinski definition) is 4. The molecule has 0 unspecified atom stereocenters. The number of carbonyl (C=O) groups is 1. The maximum Gasteiger partial charge on any atom is 0.264 e. The van der Waals surface area contributed by atoms with Gasteiger partial charge in [0, 0.05) is 25.7 Å². The van der Waals surface area contributed by atoms with E-state index in [1.807, 2.05) is 12.1 Å². The molecule has 0 saturated carbocycles. The highest BCUT2D eigenvalue weighted by molar-refractivity contribution is 7.92. The summed E-state index contributed by atoms with van der Waals surface area (Å²) in [7, 11) is -2.25. The van der Waals surface area contributed by atoms with Crippen LogP contribution in [-0.2, 0) is 27.8 Å². The Hall–Kier alpha value is -3.10. The molecule has 33 heavy (non-hydrogen) atoms. The number of fused-ring (bicyclic) bond motifs is 1. The summed E-state index contributed by atoms with van der Waals surface area (Å²) in [5.74, 6) is -0.580. The zero-order chi connectivity index (χ0) is 23.6. The third-order valence-corrected chi connectivity index (χ3v) is 7.58. The van der Waals surface area contributed by atoms with Crippen molar-refractivity contribution in [3.8, 4) is 5.75 Å². The maximum atomic E-state index is 13.8. The van der Waals surface area contributed by atoms with Crippen molar-refractivity contribution >= 4 is 33.2 Å². The first-order valence-corrected chi connectivity index (χ1v) is 12.1. The van der Waals surface area contributed by atoms with Crippen LogP contribution >= 0.6 is 11.6 Å². The van der Waals surface area contributed by atoms with Crippen LogP contribution in [0.15, 0.2) is 71.6 Å². The maximum absolute atomic E-state index is 13.8. The number of carbonyl (C=O) groups excluding carboxylic acids is 1. The summed E-state index contributed by atoms with van der Waals surface area (Å²) in [4.78, 5) is 13.8. The van der Waals surface area contributed by atoms with E-state index in [-0.39, 0.29) is 34.7 Å². The molecule has 9 heteroatoms. The van der Waals surface area contributed by atoms with E-state index >= 15 is 0 Å². The Balaban J connectivity index is 1.43. The molecule has 1 aliphatic heterocycles. The number of hydrogen-bond donors (Lipinski definition) is 0. The Morgan fingerprint density at radius 1 is 1.12 bits per heavy atom. The van der Waals surface area contributed by atoms with Crippen LogP contribution in [0.4, 0.5) is 10.1 Å². The fraction of sp³-hybridized carbons (Fsp3) is 0.208. The van der Waals surface area contributed by atoms with Gasteiger partial charge in [0.05, 0.1) is 15.6 Å². The highest BCUT2D eigenvalue weighted by Gasteiger charge is 2.31. The number of rotatable bonds is 7. The van der Waals surface area contributed by atoms with Gasteiger partial charge in [-0.05, 0) is 42.3 Å². The normalized spacial score (nSPS) is 13.0. The molecule has 0 atom stereocenters. The summed E-state index contributed by atoms with van der Waals surface area (Å²) in [5.41, 5.74) is 2.03. The van der Waals surface area contributed by atoms with Gasteiger partial charge in [-0.2, -0.15) is 0 Å². The van der Waals surface area contributed by atoms with E-state index in [0.29, 0.717) is 24.2 Å². The number of halogens is 2. The van der Waals surface area contributed by atoms with E-state index in [0.717, 1.165) is 5.56 Å². The first-order valence-electron chi connectivity index (χ1n) is 10.3. The Labute approximate surface area is 197 Å². The van der Waals surface area contributed by atoms with E-state index in [1.54, 1.807) is 37.4 Å². The van der Waals surface area contributed by atoms with Gasteiger partial charge in [-0.25, -0.2) is 12.8 Å². The SMILES string of the molecule is CN(Cc1ccccc1F)C(=O)COc1ccc(S(=O)(=O)N2CCc3ccccc32)cc1Cl. The first-order chi connectivity index (χ1) is 15.8. The van der Waals surface area contributed by atoms with E-state index in [4.69, 9.17) is 16.3 Å². The van der Waals surface area contributed by atoms with Crippen LogP contribution in [0.25, 0.3) is 0 Å². The second kappa shape index (κ2) is 9.41. The van der Waals surface area contributed by atoms with Gasteiger partial charge in [-0.1, -0.05) is 48.0 Å². The number of amides is 1. The third kappa shape index (κ3) is 4.82. The van der Waals surface area contributed by atoms with Crippen LogP contribution in [0, 0.1) is 5.82 Å². The van der Waals surface area contributed by atoms with Crippen molar-refractivity contribution in [2.45, 2.75) is 17.9 Å². The minimum absolute atomic E-state index is 0.0413. The summed E-state index contributed by atoms with van der Waals surface area (Å²) >= 11 is 6.27. The molecule has 3 aromatic carbocycles. The lowest BCUT2D eigenvalue weighted by Crippen LogP contribution is -2.31. The zero-order valence-corrected chi connectivity index (χ0v) is 19.4. The topological polar surface area (TPSA) is 66.9 Å². The molecule has 4 rings (SSSR count). The van der Waals surface area contributed by atoms with Crippen LogP contribution in [0.2, 0.25) is 5.02 Å². The van der Waals surface area contributed by atoms with Crippen molar-refractivity contribution in [3.05, 3.63) is 88.7 Å². The largest absolute Gasteiger partial charge is 0.482 e. The molecule has 3 aromatic rings. The molecule has 172 valence electrons. The number of anilines is 1. The minimum atomic E-state index is -3.79. The summed E-state index contributed by atoms with van der Waals surface area (Å²) in [6.45, 7) is 0.133. The van der Waals surface area contributed by atoms with Crippen LogP contribution < -0.4 is 9.04 Å². The Bertz CT molecular complexity index is 1300. The van der Waals surface area contributed by atoms with Crippen molar-refractivity contribution in [3.63, 3.8) is 0 Å². The first kappa shape index (κ1) is 23.1. The fourth-order valence-corrected chi connectivity index (χ4v) is 5.49. The van der Waals surface area contributed by atoms with Crippen molar-refractivity contribution in [2.75, 3.05) is 24.5 Å². The highest BCUT2D eigenvalue weighted by Crippen LogP contribution is 2.35.